The minimum atomic E-state index is 0.645. The lowest BCUT2D eigenvalue weighted by Crippen LogP contribution is -1.79. The van der Waals surface area contributed by atoms with Gasteiger partial charge in [0.15, 0.2) is 0 Å². The van der Waals surface area contributed by atoms with Crippen molar-refractivity contribution in [2.24, 2.45) is 0 Å². The van der Waals surface area contributed by atoms with Gasteiger partial charge in [0.1, 0.15) is 6.07 Å². The molecule has 1 aromatic rings. The molecule has 0 saturated heterocycles. The molecule has 0 unspecified atom stereocenters. The third-order valence-electron chi connectivity index (χ3n) is 1.54. The molecule has 0 aliphatic carbocycles. The molecule has 0 aliphatic rings. The molecule has 0 bridgehead atoms. The Morgan fingerprint density at radius 3 is 2.85 bits per heavy atom. The van der Waals surface area contributed by atoms with Gasteiger partial charge in [-0.05, 0) is 33.6 Å². The molecule has 2 heteroatoms. The average molecular weight is 234 g/mol. The third kappa shape index (κ3) is 2.57. The second kappa shape index (κ2) is 4.64. The summed E-state index contributed by atoms with van der Waals surface area (Å²) in [4.78, 5) is 0. The van der Waals surface area contributed by atoms with Crippen LogP contribution in [0.5, 0.6) is 0 Å². The van der Waals surface area contributed by atoms with Crippen LogP contribution in [0.1, 0.15) is 11.1 Å². The summed E-state index contributed by atoms with van der Waals surface area (Å²) in [6.07, 6.45) is 5.44. The molecule has 0 N–H and O–H groups in total. The van der Waals surface area contributed by atoms with Crippen LogP contribution in [0.4, 0.5) is 0 Å². The van der Waals surface area contributed by atoms with E-state index in [1.165, 1.54) is 0 Å². The molecular formula is C11H8BrN. The third-order valence-corrected chi connectivity index (χ3v) is 2.23. The zero-order valence-corrected chi connectivity index (χ0v) is 8.58. The Morgan fingerprint density at radius 1 is 1.46 bits per heavy atom. The van der Waals surface area contributed by atoms with E-state index in [1.54, 1.807) is 6.08 Å². The molecule has 1 aromatic carbocycles. The molecule has 13 heavy (non-hydrogen) atoms. The highest BCUT2D eigenvalue weighted by Crippen LogP contribution is 2.17. The van der Waals surface area contributed by atoms with E-state index in [0.29, 0.717) is 5.56 Å². The number of hydrogen-bond donors (Lipinski definition) is 0. The van der Waals surface area contributed by atoms with E-state index in [0.717, 1.165) is 10.0 Å². The Morgan fingerprint density at radius 2 is 2.23 bits per heavy atom. The maximum atomic E-state index is 8.74. The van der Waals surface area contributed by atoms with Gasteiger partial charge in [-0.1, -0.05) is 30.9 Å². The van der Waals surface area contributed by atoms with E-state index in [1.807, 2.05) is 30.4 Å². The minimum absolute atomic E-state index is 0.645. The largest absolute Gasteiger partial charge is 0.192 e. The quantitative estimate of drug-likeness (QED) is 0.718. The van der Waals surface area contributed by atoms with Gasteiger partial charge in [-0.15, -0.1) is 0 Å². The standard InChI is InChI=1S/C11H8BrN/c1-2-3-4-9-5-6-11(12)10(7-9)8-13/h2-7H,1H2/b4-3+. The molecule has 0 aliphatic heterocycles. The molecule has 0 saturated carbocycles. The van der Waals surface area contributed by atoms with Crippen LogP contribution >= 0.6 is 15.9 Å². The molecule has 0 radical (unpaired) electrons. The zero-order chi connectivity index (χ0) is 9.68. The monoisotopic (exact) mass is 233 g/mol. The predicted molar refractivity (Wildman–Crippen MR) is 58.1 cm³/mol. The van der Waals surface area contributed by atoms with Crippen molar-refractivity contribution in [3.63, 3.8) is 0 Å². The van der Waals surface area contributed by atoms with Crippen molar-refractivity contribution in [2.45, 2.75) is 0 Å². The van der Waals surface area contributed by atoms with E-state index in [2.05, 4.69) is 28.6 Å². The van der Waals surface area contributed by atoms with Crippen molar-refractivity contribution in [2.75, 3.05) is 0 Å². The van der Waals surface area contributed by atoms with E-state index >= 15 is 0 Å². The van der Waals surface area contributed by atoms with Crippen LogP contribution in [0.2, 0.25) is 0 Å². The van der Waals surface area contributed by atoms with Gasteiger partial charge in [0.25, 0.3) is 0 Å². The first-order valence-electron chi connectivity index (χ1n) is 3.76. The lowest BCUT2D eigenvalue weighted by atomic mass is 10.1. The predicted octanol–water partition coefficient (Wildman–Crippen LogP) is 3.52. The van der Waals surface area contributed by atoms with Crippen LogP contribution in [-0.2, 0) is 0 Å². The van der Waals surface area contributed by atoms with Crippen LogP contribution < -0.4 is 0 Å². The Bertz CT molecular complexity index is 386. The summed E-state index contributed by atoms with van der Waals surface area (Å²) in [6.45, 7) is 3.57. The second-order valence-electron chi connectivity index (χ2n) is 2.45. The average Bonchev–Trinajstić information content (AvgIpc) is 2.16. The van der Waals surface area contributed by atoms with Gasteiger partial charge in [-0.25, -0.2) is 0 Å². The van der Waals surface area contributed by atoms with Crippen molar-refractivity contribution < 1.29 is 0 Å². The Kier molecular flexibility index (Phi) is 3.48. The molecule has 0 aromatic heterocycles. The van der Waals surface area contributed by atoms with Gasteiger partial charge in [0, 0.05) is 4.47 Å². The molecular weight excluding hydrogens is 226 g/mol. The molecule has 0 amide bonds. The van der Waals surface area contributed by atoms with E-state index in [9.17, 15) is 0 Å². The number of nitrogens with zero attached hydrogens (tertiary/aromatic N) is 1. The molecule has 1 nitrogen and oxygen atoms in total. The van der Waals surface area contributed by atoms with E-state index < -0.39 is 0 Å². The summed E-state index contributed by atoms with van der Waals surface area (Å²) in [5.41, 5.74) is 1.64. The smallest absolute Gasteiger partial charge is 0.100 e. The summed E-state index contributed by atoms with van der Waals surface area (Å²) in [5, 5.41) is 8.74. The van der Waals surface area contributed by atoms with Crippen molar-refractivity contribution >= 4 is 22.0 Å². The van der Waals surface area contributed by atoms with Crippen molar-refractivity contribution in [3.8, 4) is 6.07 Å². The van der Waals surface area contributed by atoms with Gasteiger partial charge in [0.05, 0.1) is 5.56 Å². The van der Waals surface area contributed by atoms with Gasteiger partial charge in [-0.2, -0.15) is 5.26 Å². The zero-order valence-electron chi connectivity index (χ0n) is 7.00. The molecule has 1 rings (SSSR count). The topological polar surface area (TPSA) is 23.8 Å². The summed E-state index contributed by atoms with van der Waals surface area (Å²) in [5.74, 6) is 0. The SMILES string of the molecule is C=C/C=C/c1ccc(Br)c(C#N)c1. The van der Waals surface area contributed by atoms with Crippen LogP contribution in [-0.4, -0.2) is 0 Å². The fourth-order valence-corrected chi connectivity index (χ4v) is 1.25. The van der Waals surface area contributed by atoms with Crippen LogP contribution in [0.3, 0.4) is 0 Å². The number of benzene rings is 1. The number of allylic oxidation sites excluding steroid dienone is 2. The number of rotatable bonds is 2. The minimum Gasteiger partial charge on any atom is -0.192 e. The molecule has 0 heterocycles. The Balaban J connectivity index is 3.08. The van der Waals surface area contributed by atoms with Crippen molar-refractivity contribution in [1.29, 1.82) is 5.26 Å². The lowest BCUT2D eigenvalue weighted by Gasteiger charge is -1.96. The van der Waals surface area contributed by atoms with Gasteiger partial charge < -0.3 is 0 Å². The van der Waals surface area contributed by atoms with Crippen LogP contribution in [0.25, 0.3) is 6.08 Å². The van der Waals surface area contributed by atoms with E-state index in [-0.39, 0.29) is 0 Å². The van der Waals surface area contributed by atoms with Crippen molar-refractivity contribution in [1.82, 2.24) is 0 Å². The second-order valence-corrected chi connectivity index (χ2v) is 3.30. The summed E-state index contributed by atoms with van der Waals surface area (Å²) in [6, 6.07) is 7.73. The maximum absolute atomic E-state index is 8.74. The molecule has 0 atom stereocenters. The summed E-state index contributed by atoms with van der Waals surface area (Å²) >= 11 is 3.29. The highest BCUT2D eigenvalue weighted by Gasteiger charge is 1.97. The first-order valence-corrected chi connectivity index (χ1v) is 4.56. The number of hydrogen-bond acceptors (Lipinski definition) is 1. The maximum Gasteiger partial charge on any atom is 0.100 e. The number of nitriles is 1. The Labute approximate surface area is 86.1 Å². The fraction of sp³-hybridized carbons (Fsp3) is 0. The van der Waals surface area contributed by atoms with Crippen LogP contribution in [0.15, 0.2) is 41.4 Å². The van der Waals surface area contributed by atoms with Gasteiger partial charge in [0.2, 0.25) is 0 Å². The summed E-state index contributed by atoms with van der Waals surface area (Å²) in [7, 11) is 0. The van der Waals surface area contributed by atoms with Crippen LogP contribution in [0, 0.1) is 11.3 Å². The lowest BCUT2D eigenvalue weighted by molar-refractivity contribution is 1.46. The normalized spacial score (nSPS) is 9.85. The van der Waals surface area contributed by atoms with Gasteiger partial charge in [-0.3, -0.25) is 0 Å². The highest BCUT2D eigenvalue weighted by atomic mass is 79.9. The first kappa shape index (κ1) is 9.76. The Hall–Kier alpha value is -1.33. The highest BCUT2D eigenvalue weighted by molar-refractivity contribution is 9.10. The van der Waals surface area contributed by atoms with Crippen molar-refractivity contribution in [3.05, 3.63) is 52.5 Å². The van der Waals surface area contributed by atoms with E-state index in [4.69, 9.17) is 5.26 Å². The van der Waals surface area contributed by atoms with Gasteiger partial charge >= 0.3 is 0 Å². The molecule has 0 fully saturated rings. The fourth-order valence-electron chi connectivity index (χ4n) is 0.911. The molecule has 64 valence electrons. The molecule has 0 spiro atoms. The first-order chi connectivity index (χ1) is 6.27. The number of halogens is 1. The summed E-state index contributed by atoms with van der Waals surface area (Å²) < 4.78 is 0.825.